The largest absolute Gasteiger partial charge is 0.365 e. The summed E-state index contributed by atoms with van der Waals surface area (Å²) in [4.78, 5) is 23.0. The van der Waals surface area contributed by atoms with E-state index >= 15 is 0 Å². The van der Waals surface area contributed by atoms with Gasteiger partial charge in [0.1, 0.15) is 17.7 Å². The van der Waals surface area contributed by atoms with Crippen molar-refractivity contribution in [3.8, 4) is 0 Å². The zero-order valence-electron chi connectivity index (χ0n) is 11.3. The predicted octanol–water partition coefficient (Wildman–Crippen LogP) is 2.54. The van der Waals surface area contributed by atoms with Crippen molar-refractivity contribution < 1.29 is 14.3 Å². The number of epoxide rings is 1. The van der Waals surface area contributed by atoms with Crippen LogP contribution in [0.1, 0.15) is 41.0 Å². The van der Waals surface area contributed by atoms with Gasteiger partial charge in [0, 0.05) is 0 Å². The molecule has 2 unspecified atom stereocenters. The second-order valence-corrected chi connectivity index (χ2v) is 5.39. The van der Waals surface area contributed by atoms with Gasteiger partial charge in [-0.15, -0.1) is 0 Å². The number of carbonyl (C=O) groups is 2. The average molecular weight is 238 g/mol. The number of allylic oxidation sites excluding steroid dienone is 1. The van der Waals surface area contributed by atoms with Gasteiger partial charge in [0.25, 0.3) is 0 Å². The second kappa shape index (κ2) is 5.13. The molecule has 0 radical (unpaired) electrons. The number of carbonyl (C=O) groups excluding carboxylic acids is 2. The van der Waals surface area contributed by atoms with Crippen LogP contribution in [-0.4, -0.2) is 23.8 Å². The van der Waals surface area contributed by atoms with E-state index in [1.165, 1.54) is 13.8 Å². The van der Waals surface area contributed by atoms with Crippen LogP contribution in [0.15, 0.2) is 12.2 Å². The van der Waals surface area contributed by atoms with Crippen LogP contribution in [0.4, 0.5) is 0 Å². The van der Waals surface area contributed by atoms with Crippen molar-refractivity contribution in [3.05, 3.63) is 12.2 Å². The number of hydrogen-bond acceptors (Lipinski definition) is 3. The van der Waals surface area contributed by atoms with E-state index in [1.807, 2.05) is 12.2 Å². The Morgan fingerprint density at radius 3 is 2.18 bits per heavy atom. The minimum atomic E-state index is -0.876. The van der Waals surface area contributed by atoms with Crippen molar-refractivity contribution in [2.45, 2.75) is 53.2 Å². The first-order valence-electron chi connectivity index (χ1n) is 6.13. The maximum Gasteiger partial charge on any atom is 0.143 e. The molecular weight excluding hydrogens is 216 g/mol. The summed E-state index contributed by atoms with van der Waals surface area (Å²) in [5, 5.41) is 0. The van der Waals surface area contributed by atoms with Crippen molar-refractivity contribution >= 4 is 11.6 Å². The van der Waals surface area contributed by atoms with E-state index in [2.05, 4.69) is 13.8 Å². The fourth-order valence-electron chi connectivity index (χ4n) is 1.80. The van der Waals surface area contributed by atoms with Gasteiger partial charge in [0.15, 0.2) is 0 Å². The summed E-state index contributed by atoms with van der Waals surface area (Å²) in [6.45, 7) is 8.89. The standard InChI is InChI=1S/C14H22O3/c1-9(2)13-12(17-13)7-6-8-14(5,10(3)15)11(4)16/h6-7,9,12-13H,8H2,1-5H3/b7-6+. The smallest absolute Gasteiger partial charge is 0.143 e. The molecule has 0 amide bonds. The minimum absolute atomic E-state index is 0.0771. The van der Waals surface area contributed by atoms with Crippen LogP contribution < -0.4 is 0 Å². The Labute approximate surface area is 103 Å². The SMILES string of the molecule is CC(=O)C(C)(C/C=C/C1OC1C(C)C)C(C)=O. The molecule has 0 aliphatic carbocycles. The molecule has 2 atom stereocenters. The van der Waals surface area contributed by atoms with E-state index in [1.54, 1.807) is 6.92 Å². The third-order valence-corrected chi connectivity index (χ3v) is 3.62. The van der Waals surface area contributed by atoms with E-state index in [0.717, 1.165) is 0 Å². The lowest BCUT2D eigenvalue weighted by molar-refractivity contribution is -0.137. The molecule has 17 heavy (non-hydrogen) atoms. The van der Waals surface area contributed by atoms with Gasteiger partial charge in [0.05, 0.1) is 11.5 Å². The fourth-order valence-corrected chi connectivity index (χ4v) is 1.80. The van der Waals surface area contributed by atoms with Crippen LogP contribution >= 0.6 is 0 Å². The normalized spacial score (nSPS) is 24.4. The number of ketones is 2. The third kappa shape index (κ3) is 3.25. The van der Waals surface area contributed by atoms with Gasteiger partial charge in [-0.25, -0.2) is 0 Å². The lowest BCUT2D eigenvalue weighted by Gasteiger charge is -2.21. The zero-order chi connectivity index (χ0) is 13.2. The van der Waals surface area contributed by atoms with Crippen LogP contribution in [0.25, 0.3) is 0 Å². The van der Waals surface area contributed by atoms with Gasteiger partial charge in [-0.05, 0) is 33.1 Å². The van der Waals surface area contributed by atoms with Crippen molar-refractivity contribution in [2.75, 3.05) is 0 Å². The Kier molecular flexibility index (Phi) is 4.26. The molecule has 0 aromatic rings. The van der Waals surface area contributed by atoms with E-state index in [-0.39, 0.29) is 17.7 Å². The van der Waals surface area contributed by atoms with Crippen LogP contribution in [0.5, 0.6) is 0 Å². The summed E-state index contributed by atoms with van der Waals surface area (Å²) >= 11 is 0. The summed E-state index contributed by atoms with van der Waals surface area (Å²) in [6.07, 6.45) is 4.79. The highest BCUT2D eigenvalue weighted by Gasteiger charge is 2.39. The van der Waals surface area contributed by atoms with Gasteiger partial charge >= 0.3 is 0 Å². The van der Waals surface area contributed by atoms with Gasteiger partial charge in [-0.1, -0.05) is 26.0 Å². The topological polar surface area (TPSA) is 46.7 Å². The predicted molar refractivity (Wildman–Crippen MR) is 66.7 cm³/mol. The Bertz CT molecular complexity index is 327. The maximum absolute atomic E-state index is 11.5. The summed E-state index contributed by atoms with van der Waals surface area (Å²) in [5.41, 5.74) is -0.876. The Balaban J connectivity index is 2.52. The van der Waals surface area contributed by atoms with Gasteiger partial charge in [-0.3, -0.25) is 9.59 Å². The highest BCUT2D eigenvalue weighted by Crippen LogP contribution is 2.31. The molecule has 1 fully saturated rings. The van der Waals surface area contributed by atoms with E-state index < -0.39 is 5.41 Å². The van der Waals surface area contributed by atoms with Crippen molar-refractivity contribution in [1.82, 2.24) is 0 Å². The Hall–Kier alpha value is -0.960. The van der Waals surface area contributed by atoms with Crippen molar-refractivity contribution in [3.63, 3.8) is 0 Å². The first kappa shape index (κ1) is 14.1. The van der Waals surface area contributed by atoms with Crippen LogP contribution in [0, 0.1) is 11.3 Å². The van der Waals surface area contributed by atoms with Gasteiger partial charge in [-0.2, -0.15) is 0 Å². The summed E-state index contributed by atoms with van der Waals surface area (Å²) < 4.78 is 5.46. The molecule has 1 heterocycles. The maximum atomic E-state index is 11.5. The molecule has 1 rings (SSSR count). The molecule has 0 aromatic carbocycles. The number of hydrogen-bond donors (Lipinski definition) is 0. The third-order valence-electron chi connectivity index (χ3n) is 3.62. The molecule has 3 nitrogen and oxygen atoms in total. The van der Waals surface area contributed by atoms with Gasteiger partial charge in [0.2, 0.25) is 0 Å². The van der Waals surface area contributed by atoms with Crippen molar-refractivity contribution in [1.29, 1.82) is 0 Å². The summed E-state index contributed by atoms with van der Waals surface area (Å²) in [7, 11) is 0. The fraction of sp³-hybridized carbons (Fsp3) is 0.714. The highest BCUT2D eigenvalue weighted by atomic mass is 16.6. The first-order chi connectivity index (χ1) is 7.79. The van der Waals surface area contributed by atoms with Crippen LogP contribution in [-0.2, 0) is 14.3 Å². The molecule has 1 aliphatic heterocycles. The van der Waals surface area contributed by atoms with E-state index in [9.17, 15) is 9.59 Å². The molecule has 1 aliphatic rings. The zero-order valence-corrected chi connectivity index (χ0v) is 11.3. The second-order valence-electron chi connectivity index (χ2n) is 5.39. The molecule has 0 saturated carbocycles. The molecule has 3 heteroatoms. The Morgan fingerprint density at radius 1 is 1.29 bits per heavy atom. The lowest BCUT2D eigenvalue weighted by atomic mass is 9.79. The summed E-state index contributed by atoms with van der Waals surface area (Å²) in [6, 6.07) is 0. The monoisotopic (exact) mass is 238 g/mol. The molecular formula is C14H22O3. The highest BCUT2D eigenvalue weighted by molar-refractivity contribution is 6.04. The Morgan fingerprint density at radius 2 is 1.82 bits per heavy atom. The molecule has 0 aromatic heterocycles. The average Bonchev–Trinajstić information content (AvgIpc) is 2.96. The molecule has 0 spiro atoms. The van der Waals surface area contributed by atoms with E-state index in [4.69, 9.17) is 4.74 Å². The van der Waals surface area contributed by atoms with E-state index in [0.29, 0.717) is 18.4 Å². The number of rotatable bonds is 6. The molecule has 0 N–H and O–H groups in total. The van der Waals surface area contributed by atoms with Crippen molar-refractivity contribution in [2.24, 2.45) is 11.3 Å². The van der Waals surface area contributed by atoms with Crippen LogP contribution in [0.3, 0.4) is 0 Å². The molecule has 96 valence electrons. The molecule has 1 saturated heterocycles. The van der Waals surface area contributed by atoms with Crippen LogP contribution in [0.2, 0.25) is 0 Å². The summed E-state index contributed by atoms with van der Waals surface area (Å²) in [5.74, 6) is 0.357. The first-order valence-corrected chi connectivity index (χ1v) is 6.13. The quantitative estimate of drug-likeness (QED) is 0.406. The lowest BCUT2D eigenvalue weighted by Crippen LogP contribution is -2.32. The number of ether oxygens (including phenoxy) is 1. The molecule has 0 bridgehead atoms. The minimum Gasteiger partial charge on any atom is -0.365 e. The number of Topliss-reactive ketones (excluding diaryl/α,β-unsaturated/α-hetero) is 2. The van der Waals surface area contributed by atoms with Gasteiger partial charge < -0.3 is 4.74 Å².